The SMILES string of the molecule is CC(=O)CCC(=O)O[C@H]1C[C@H](n2cnc3c(=O)[nH]c(NC(=O)C(C)C)nc32)O[C@@H]1COP(=O)(O[C@H]1C[C@H](n2cnc3c(NC(=O)c4ccccc4)ncnc32)O[C@@H]1CO)SCCC#N. The molecule has 2 fully saturated rings. The van der Waals surface area contributed by atoms with Crippen molar-refractivity contribution in [2.75, 3.05) is 29.6 Å². The van der Waals surface area contributed by atoms with Crippen LogP contribution in [0, 0.1) is 17.2 Å². The van der Waals surface area contributed by atoms with Crippen molar-refractivity contribution >= 4 is 75.8 Å². The Balaban J connectivity index is 1.10. The predicted molar refractivity (Wildman–Crippen MR) is 226 cm³/mol. The van der Waals surface area contributed by atoms with Gasteiger partial charge in [-0.2, -0.15) is 10.2 Å². The number of ether oxygens (including phenoxy) is 3. The first-order chi connectivity index (χ1) is 30.7. The number of imidazole rings is 2. The number of carbonyl (C=O) groups excluding carboxylic acids is 4. The van der Waals surface area contributed by atoms with Crippen molar-refractivity contribution in [1.29, 1.82) is 5.26 Å². The molecule has 7 rings (SSSR count). The molecule has 23 nitrogen and oxygen atoms in total. The molecule has 4 N–H and O–H groups in total. The van der Waals surface area contributed by atoms with Crippen LogP contribution in [0.4, 0.5) is 11.8 Å². The number of esters is 1. The molecule has 0 radical (unpaired) electrons. The number of nitriles is 1. The number of aliphatic hydroxyl groups is 1. The van der Waals surface area contributed by atoms with E-state index in [1.807, 2.05) is 6.07 Å². The topological polar surface area (TPSA) is 307 Å². The smallest absolute Gasteiger partial charge is 0.389 e. The minimum atomic E-state index is -4.25. The molecule has 0 saturated carbocycles. The molecule has 0 aliphatic carbocycles. The van der Waals surface area contributed by atoms with Gasteiger partial charge in [0.2, 0.25) is 11.9 Å². The van der Waals surface area contributed by atoms with Crippen LogP contribution >= 0.6 is 18.2 Å². The number of aromatic amines is 1. The first kappa shape index (κ1) is 46.1. The zero-order valence-corrected chi connectivity index (χ0v) is 36.4. The summed E-state index contributed by atoms with van der Waals surface area (Å²) in [6.07, 6.45) is -2.32. The molecule has 64 heavy (non-hydrogen) atoms. The zero-order chi connectivity index (χ0) is 45.5. The molecule has 1 aromatic carbocycles. The van der Waals surface area contributed by atoms with Crippen LogP contribution in [-0.4, -0.2) is 111 Å². The average Bonchev–Trinajstić information content (AvgIpc) is 4.08. The maximum atomic E-state index is 14.6. The number of rotatable bonds is 19. The van der Waals surface area contributed by atoms with E-state index in [0.717, 1.165) is 11.4 Å². The number of aliphatic hydroxyl groups excluding tert-OH is 1. The molecule has 338 valence electrons. The zero-order valence-electron chi connectivity index (χ0n) is 34.7. The Labute approximate surface area is 367 Å². The number of anilines is 2. The van der Waals surface area contributed by atoms with Gasteiger partial charge in [0.15, 0.2) is 28.1 Å². The number of Topliss-reactive ketones (excluding diaryl/α,β-unsaturated/α-hetero) is 1. The standard InChI is InChI=1S/C39H44N11O12PS/c1-21(2)36(54)47-39-46-35-32(38(56)48-39)44-20-50(35)28-14-24(61-30(53)11-10-22(3)52)27(60-28)17-58-63(57,64-13-7-12-40)62-25-15-29(59-26(25)16-51)49-19-43-31-33(41-18-42-34(31)49)45-37(55)23-8-5-4-6-9-23/h4-6,8-9,18-21,24-29,51H,7,10-11,13-17H2,1-3H3,(H,41,42,45,55)(H2,46,47,48,54,56)/t24-,25-,26+,27+,28+,29+,63?/m0/s1. The predicted octanol–water partition coefficient (Wildman–Crippen LogP) is 3.81. The van der Waals surface area contributed by atoms with Crippen LogP contribution in [0.2, 0.25) is 0 Å². The van der Waals surface area contributed by atoms with Crippen molar-refractivity contribution < 1.29 is 52.1 Å². The minimum absolute atomic E-state index is 0.0176. The van der Waals surface area contributed by atoms with Gasteiger partial charge in [-0.3, -0.25) is 47.7 Å². The van der Waals surface area contributed by atoms with Gasteiger partial charge in [-0.25, -0.2) is 24.5 Å². The van der Waals surface area contributed by atoms with E-state index in [1.165, 1.54) is 30.5 Å². The third kappa shape index (κ3) is 10.7. The molecule has 1 unspecified atom stereocenters. The Bertz CT molecular complexity index is 2670. The number of nitrogens with zero attached hydrogens (tertiary/aromatic N) is 8. The monoisotopic (exact) mass is 921 g/mol. The third-order valence-electron chi connectivity index (χ3n) is 10.1. The lowest BCUT2D eigenvalue weighted by Gasteiger charge is -2.25. The summed E-state index contributed by atoms with van der Waals surface area (Å²) in [7, 11) is 0. The average molecular weight is 922 g/mol. The van der Waals surface area contributed by atoms with Crippen LogP contribution in [0.3, 0.4) is 0 Å². The number of hydrogen-bond acceptors (Lipinski definition) is 19. The number of aromatic nitrogens is 8. The third-order valence-corrected chi connectivity index (χ3v) is 13.8. The number of hydrogen-bond donors (Lipinski definition) is 4. The van der Waals surface area contributed by atoms with Gasteiger partial charge >= 0.3 is 12.8 Å². The molecule has 6 heterocycles. The second kappa shape index (κ2) is 20.3. The second-order valence-electron chi connectivity index (χ2n) is 15.0. The summed E-state index contributed by atoms with van der Waals surface area (Å²) in [6.45, 7) is -0.596. The van der Waals surface area contributed by atoms with Gasteiger partial charge in [-0.15, -0.1) is 0 Å². The summed E-state index contributed by atoms with van der Waals surface area (Å²) in [5, 5.41) is 25.0. The highest BCUT2D eigenvalue weighted by Gasteiger charge is 2.45. The Kier molecular flexibility index (Phi) is 14.6. The van der Waals surface area contributed by atoms with Crippen molar-refractivity contribution in [3.05, 3.63) is 65.2 Å². The molecule has 0 bridgehead atoms. The van der Waals surface area contributed by atoms with Crippen molar-refractivity contribution in [3.8, 4) is 6.07 Å². The number of carbonyl (C=O) groups is 4. The van der Waals surface area contributed by atoms with Crippen LogP contribution in [0.15, 0.2) is 54.1 Å². The van der Waals surface area contributed by atoms with Crippen molar-refractivity contribution in [3.63, 3.8) is 0 Å². The molecular formula is C39H44N11O12PS. The molecule has 7 atom stereocenters. The lowest BCUT2D eigenvalue weighted by molar-refractivity contribution is -0.153. The van der Waals surface area contributed by atoms with Gasteiger partial charge in [-0.05, 0) is 30.4 Å². The number of fused-ring (bicyclic) bond motifs is 2. The molecule has 4 aromatic heterocycles. The Morgan fingerprint density at radius 3 is 2.39 bits per heavy atom. The number of ketones is 1. The van der Waals surface area contributed by atoms with Crippen molar-refractivity contribution in [1.82, 2.24) is 39.0 Å². The van der Waals surface area contributed by atoms with Crippen LogP contribution in [0.25, 0.3) is 22.3 Å². The molecule has 2 aliphatic heterocycles. The molecule has 2 aliphatic rings. The van der Waals surface area contributed by atoms with Crippen molar-refractivity contribution in [2.24, 2.45) is 5.92 Å². The number of nitrogens with one attached hydrogen (secondary N) is 3. The van der Waals surface area contributed by atoms with Crippen molar-refractivity contribution in [2.45, 2.75) is 89.7 Å². The summed E-state index contributed by atoms with van der Waals surface area (Å²) >= 11 is 0.748. The fraction of sp³-hybridized carbons (Fsp3) is 0.462. The fourth-order valence-electron chi connectivity index (χ4n) is 6.81. The summed E-state index contributed by atoms with van der Waals surface area (Å²) in [6, 6.07) is 10.5. The largest absolute Gasteiger partial charge is 0.459 e. The van der Waals surface area contributed by atoms with E-state index in [-0.39, 0.29) is 72.1 Å². The summed E-state index contributed by atoms with van der Waals surface area (Å²) in [5.41, 5.74) is 0.317. The van der Waals surface area contributed by atoms with Gasteiger partial charge in [0, 0.05) is 42.9 Å². The maximum absolute atomic E-state index is 14.6. The molecule has 0 spiro atoms. The van der Waals surface area contributed by atoms with Gasteiger partial charge < -0.3 is 29.4 Å². The highest BCUT2D eigenvalue weighted by molar-refractivity contribution is 8.55. The molecule has 2 amide bonds. The second-order valence-corrected chi connectivity index (χ2v) is 19.2. The number of H-pyrrole nitrogens is 1. The Morgan fingerprint density at radius 2 is 1.69 bits per heavy atom. The Hall–Kier alpha value is -5.93. The van der Waals surface area contributed by atoms with E-state index in [2.05, 4.69) is 40.5 Å². The lowest BCUT2D eigenvalue weighted by atomic mass is 10.2. The maximum Gasteiger partial charge on any atom is 0.389 e. The van der Waals surface area contributed by atoms with E-state index in [0.29, 0.717) is 11.2 Å². The molecular weight excluding hydrogens is 878 g/mol. The quantitative estimate of drug-likeness (QED) is 0.0520. The van der Waals surface area contributed by atoms with Gasteiger partial charge in [0.1, 0.15) is 49.0 Å². The lowest BCUT2D eigenvalue weighted by Crippen LogP contribution is -2.31. The van der Waals surface area contributed by atoms with Gasteiger partial charge in [-0.1, -0.05) is 32.0 Å². The fourth-order valence-corrected chi connectivity index (χ4v) is 10.2. The van der Waals surface area contributed by atoms with E-state index in [9.17, 15) is 38.9 Å². The minimum Gasteiger partial charge on any atom is -0.459 e. The number of amides is 2. The van der Waals surface area contributed by atoms with E-state index < -0.39 is 86.1 Å². The first-order valence-corrected chi connectivity index (χ1v) is 23.3. The normalized spacial score (nSPS) is 21.8. The van der Waals surface area contributed by atoms with E-state index in [1.54, 1.807) is 48.7 Å². The first-order valence-electron chi connectivity index (χ1n) is 20.1. The summed E-state index contributed by atoms with van der Waals surface area (Å²) < 4.78 is 48.0. The van der Waals surface area contributed by atoms with E-state index in [4.69, 9.17) is 23.3 Å². The van der Waals surface area contributed by atoms with Crippen LogP contribution in [0.1, 0.15) is 75.7 Å². The van der Waals surface area contributed by atoms with Gasteiger partial charge in [0.25, 0.3) is 11.5 Å². The molecule has 5 aromatic rings. The van der Waals surface area contributed by atoms with Crippen LogP contribution < -0.4 is 16.2 Å². The van der Waals surface area contributed by atoms with Crippen LogP contribution in [0.5, 0.6) is 0 Å². The van der Waals surface area contributed by atoms with Crippen LogP contribution in [-0.2, 0) is 42.2 Å². The number of benzene rings is 1. The highest BCUT2D eigenvalue weighted by Crippen LogP contribution is 2.63. The Morgan fingerprint density at radius 1 is 0.984 bits per heavy atom. The van der Waals surface area contributed by atoms with E-state index >= 15 is 0 Å². The van der Waals surface area contributed by atoms with Gasteiger partial charge in [0.05, 0.1) is 38.4 Å². The summed E-state index contributed by atoms with van der Waals surface area (Å²) in [4.78, 5) is 86.8. The highest BCUT2D eigenvalue weighted by atomic mass is 32.7. The molecule has 25 heteroatoms. The summed E-state index contributed by atoms with van der Waals surface area (Å²) in [5.74, 6) is -2.09. The molecule has 2 saturated heterocycles.